The molecule has 186 valence electrons. The van der Waals surface area contributed by atoms with Crippen molar-refractivity contribution in [3.63, 3.8) is 0 Å². The van der Waals surface area contributed by atoms with Gasteiger partial charge in [-0.2, -0.15) is 5.21 Å². The van der Waals surface area contributed by atoms with Crippen molar-refractivity contribution in [3.05, 3.63) is 70.4 Å². The lowest BCUT2D eigenvalue weighted by Crippen LogP contribution is -2.35. The van der Waals surface area contributed by atoms with Crippen LogP contribution in [0, 0.1) is 11.8 Å². The highest BCUT2D eigenvalue weighted by atomic mass is 16.2. The summed E-state index contributed by atoms with van der Waals surface area (Å²) in [7, 11) is 0. The molecule has 9 heteroatoms. The van der Waals surface area contributed by atoms with Crippen molar-refractivity contribution in [2.45, 2.75) is 58.9 Å². The third-order valence-corrected chi connectivity index (χ3v) is 6.81. The maximum atomic E-state index is 13.3. The van der Waals surface area contributed by atoms with Gasteiger partial charge in [-0.05, 0) is 40.7 Å². The van der Waals surface area contributed by atoms with E-state index in [1.807, 2.05) is 48.5 Å². The number of nitrogens with one attached hydrogen (secondary N) is 1. The molecule has 0 radical (unpaired) electrons. The highest BCUT2D eigenvalue weighted by molar-refractivity contribution is 5.81. The minimum Gasteiger partial charge on any atom is -0.274 e. The number of hydrogen-bond acceptors (Lipinski definition) is 6. The topological polar surface area (TPSA) is 111 Å². The minimum absolute atomic E-state index is 0.106. The van der Waals surface area contributed by atoms with E-state index in [2.05, 4.69) is 39.6 Å². The maximum absolute atomic E-state index is 13.3. The number of carbonyl (C=O) groups excluding carboxylic acids is 1. The van der Waals surface area contributed by atoms with Gasteiger partial charge < -0.3 is 0 Å². The standard InChI is InChI=1S/C27H31N7O2/c1-18(2)16-24-30-34(26(35)21-8-4-3-5-9-21)27(36)33(24)17-19-12-14-20(15-13-19)22-10-6-7-11-23(22)25-28-31-32-29-25/h6-7,10-15,18,21H,3-5,8-9,16-17H2,1-2H3,(H,28,29,31,32). The molecule has 5 rings (SSSR count). The van der Waals surface area contributed by atoms with E-state index in [9.17, 15) is 9.59 Å². The molecule has 0 saturated heterocycles. The van der Waals surface area contributed by atoms with Crippen LogP contribution in [0.25, 0.3) is 22.5 Å². The molecule has 0 amide bonds. The number of aromatic amines is 1. The van der Waals surface area contributed by atoms with Crippen LogP contribution >= 0.6 is 0 Å². The smallest absolute Gasteiger partial charge is 0.274 e. The number of aromatic nitrogens is 7. The average molecular weight is 486 g/mol. The van der Waals surface area contributed by atoms with Gasteiger partial charge in [-0.25, -0.2) is 4.79 Å². The van der Waals surface area contributed by atoms with Crippen LogP contribution in [0.4, 0.5) is 0 Å². The molecule has 1 saturated carbocycles. The Labute approximate surface area is 209 Å². The zero-order valence-electron chi connectivity index (χ0n) is 20.7. The molecule has 0 bridgehead atoms. The molecule has 1 N–H and O–H groups in total. The fourth-order valence-corrected chi connectivity index (χ4v) is 4.96. The summed E-state index contributed by atoms with van der Waals surface area (Å²) in [5.74, 6) is 1.25. The molecular formula is C27H31N7O2. The van der Waals surface area contributed by atoms with Crippen molar-refractivity contribution in [3.8, 4) is 22.5 Å². The minimum atomic E-state index is -0.340. The van der Waals surface area contributed by atoms with E-state index in [1.165, 1.54) is 0 Å². The Morgan fingerprint density at radius 2 is 1.75 bits per heavy atom. The van der Waals surface area contributed by atoms with Gasteiger partial charge >= 0.3 is 5.69 Å². The van der Waals surface area contributed by atoms with Crippen molar-refractivity contribution in [1.82, 2.24) is 35.0 Å². The molecular weight excluding hydrogens is 454 g/mol. The normalized spacial score (nSPS) is 14.4. The second kappa shape index (κ2) is 10.4. The van der Waals surface area contributed by atoms with Crippen LogP contribution in [0.1, 0.15) is 62.1 Å². The Morgan fingerprint density at radius 1 is 1.03 bits per heavy atom. The zero-order valence-corrected chi connectivity index (χ0v) is 20.7. The Bertz CT molecular complexity index is 1380. The average Bonchev–Trinajstić information content (AvgIpc) is 3.54. The van der Waals surface area contributed by atoms with Gasteiger partial charge in [0.25, 0.3) is 5.91 Å². The van der Waals surface area contributed by atoms with Gasteiger partial charge in [0, 0.05) is 17.9 Å². The highest BCUT2D eigenvalue weighted by Gasteiger charge is 2.27. The van der Waals surface area contributed by atoms with Gasteiger partial charge in [0.05, 0.1) is 6.54 Å². The van der Waals surface area contributed by atoms with Crippen LogP contribution in [0.5, 0.6) is 0 Å². The van der Waals surface area contributed by atoms with E-state index < -0.39 is 0 Å². The summed E-state index contributed by atoms with van der Waals surface area (Å²) in [6.45, 7) is 4.55. The molecule has 4 aromatic rings. The van der Waals surface area contributed by atoms with Crippen molar-refractivity contribution in [1.29, 1.82) is 0 Å². The summed E-state index contributed by atoms with van der Waals surface area (Å²) in [5.41, 5.74) is 3.52. The summed E-state index contributed by atoms with van der Waals surface area (Å²) >= 11 is 0. The van der Waals surface area contributed by atoms with E-state index in [-0.39, 0.29) is 17.5 Å². The van der Waals surface area contributed by atoms with Gasteiger partial charge in [0.1, 0.15) is 5.82 Å². The molecule has 0 atom stereocenters. The van der Waals surface area contributed by atoms with E-state index in [1.54, 1.807) is 4.57 Å². The molecule has 2 aromatic carbocycles. The number of hydrogen-bond donors (Lipinski definition) is 1. The molecule has 1 aliphatic rings. The van der Waals surface area contributed by atoms with E-state index >= 15 is 0 Å². The third kappa shape index (κ3) is 4.91. The summed E-state index contributed by atoms with van der Waals surface area (Å²) in [6.07, 6.45) is 5.53. The van der Waals surface area contributed by atoms with E-state index in [0.29, 0.717) is 30.5 Å². The second-order valence-corrected chi connectivity index (χ2v) is 9.95. The van der Waals surface area contributed by atoms with Crippen molar-refractivity contribution in [2.24, 2.45) is 11.8 Å². The second-order valence-electron chi connectivity index (χ2n) is 9.95. The van der Waals surface area contributed by atoms with Gasteiger partial charge in [-0.3, -0.25) is 9.36 Å². The van der Waals surface area contributed by atoms with Crippen LogP contribution in [0.15, 0.2) is 53.3 Å². The van der Waals surface area contributed by atoms with Gasteiger partial charge in [-0.15, -0.1) is 20.0 Å². The van der Waals surface area contributed by atoms with E-state index in [4.69, 9.17) is 0 Å². The predicted molar refractivity (Wildman–Crippen MR) is 136 cm³/mol. The molecule has 1 fully saturated rings. The van der Waals surface area contributed by atoms with Crippen LogP contribution in [-0.2, 0) is 13.0 Å². The first-order valence-corrected chi connectivity index (χ1v) is 12.7. The van der Waals surface area contributed by atoms with Crippen molar-refractivity contribution < 1.29 is 4.79 Å². The number of nitrogens with zero attached hydrogens (tertiary/aromatic N) is 6. The van der Waals surface area contributed by atoms with Gasteiger partial charge in [0.15, 0.2) is 0 Å². The first kappa shape index (κ1) is 23.8. The number of benzene rings is 2. The molecule has 0 spiro atoms. The maximum Gasteiger partial charge on any atom is 0.353 e. The summed E-state index contributed by atoms with van der Waals surface area (Å²) in [5, 5.41) is 18.9. The molecule has 9 nitrogen and oxygen atoms in total. The first-order valence-electron chi connectivity index (χ1n) is 12.7. The number of H-pyrrole nitrogens is 1. The summed E-state index contributed by atoms with van der Waals surface area (Å²) in [6, 6.07) is 16.0. The predicted octanol–water partition coefficient (Wildman–Crippen LogP) is 4.36. The van der Waals surface area contributed by atoms with Crippen LogP contribution in [-0.4, -0.2) is 40.9 Å². The lowest BCUT2D eigenvalue weighted by molar-refractivity contribution is 0.0778. The fourth-order valence-electron chi connectivity index (χ4n) is 4.96. The monoisotopic (exact) mass is 485 g/mol. The number of tetrazole rings is 1. The van der Waals surface area contributed by atoms with Crippen LogP contribution in [0.3, 0.4) is 0 Å². The lowest BCUT2D eigenvalue weighted by atomic mass is 9.89. The molecule has 36 heavy (non-hydrogen) atoms. The Morgan fingerprint density at radius 3 is 2.42 bits per heavy atom. The molecule has 2 heterocycles. The Kier molecular flexibility index (Phi) is 6.88. The third-order valence-electron chi connectivity index (χ3n) is 6.81. The Balaban J connectivity index is 1.43. The van der Waals surface area contributed by atoms with Crippen molar-refractivity contribution >= 4 is 5.91 Å². The van der Waals surface area contributed by atoms with Gasteiger partial charge in [-0.1, -0.05) is 81.6 Å². The molecule has 0 unspecified atom stereocenters. The highest BCUT2D eigenvalue weighted by Crippen LogP contribution is 2.30. The largest absolute Gasteiger partial charge is 0.353 e. The lowest BCUT2D eigenvalue weighted by Gasteiger charge is -2.19. The van der Waals surface area contributed by atoms with Gasteiger partial charge in [0.2, 0.25) is 5.82 Å². The quantitative estimate of drug-likeness (QED) is 0.416. The summed E-state index contributed by atoms with van der Waals surface area (Å²) < 4.78 is 2.78. The van der Waals surface area contributed by atoms with Crippen LogP contribution in [0.2, 0.25) is 0 Å². The first-order chi connectivity index (χ1) is 17.5. The van der Waals surface area contributed by atoms with Crippen molar-refractivity contribution in [2.75, 3.05) is 0 Å². The molecule has 0 aliphatic heterocycles. The number of carbonyl (C=O) groups is 1. The number of rotatable bonds is 7. The fraction of sp³-hybridized carbons (Fsp3) is 0.407. The summed E-state index contributed by atoms with van der Waals surface area (Å²) in [4.78, 5) is 26.5. The molecule has 1 aliphatic carbocycles. The Hall–Kier alpha value is -3.88. The molecule has 2 aromatic heterocycles. The SMILES string of the molecule is CC(C)Cc1nn(C(=O)C2CCCCC2)c(=O)n1Cc1ccc(-c2ccccc2-c2nn[nH]n2)cc1. The zero-order chi connectivity index (χ0) is 25.1. The van der Waals surface area contributed by atoms with Crippen LogP contribution < -0.4 is 5.69 Å². The van der Waals surface area contributed by atoms with E-state index in [0.717, 1.165) is 59.0 Å².